The largest absolute Gasteiger partial charge is 0.493 e. The Hall–Kier alpha value is -4.49. The van der Waals surface area contributed by atoms with Gasteiger partial charge < -0.3 is 34.3 Å². The zero-order chi connectivity index (χ0) is 31.5. The van der Waals surface area contributed by atoms with E-state index in [9.17, 15) is 19.2 Å². The van der Waals surface area contributed by atoms with Crippen molar-refractivity contribution in [3.8, 4) is 17.2 Å². The van der Waals surface area contributed by atoms with E-state index in [1.54, 1.807) is 39.0 Å². The molecule has 2 aromatic rings. The van der Waals surface area contributed by atoms with Crippen LogP contribution in [0.4, 0.5) is 4.79 Å². The summed E-state index contributed by atoms with van der Waals surface area (Å²) in [4.78, 5) is 48.5. The van der Waals surface area contributed by atoms with Crippen LogP contribution < -0.4 is 30.3 Å². The highest BCUT2D eigenvalue weighted by Gasteiger charge is 2.32. The molecule has 0 aromatic heterocycles. The van der Waals surface area contributed by atoms with Gasteiger partial charge in [-0.05, 0) is 56.2 Å². The van der Waals surface area contributed by atoms with Crippen molar-refractivity contribution in [3.05, 3.63) is 62.8 Å². The summed E-state index contributed by atoms with van der Waals surface area (Å²) in [6, 6.07) is 6.46. The number of amides is 3. The molecule has 13 nitrogen and oxygen atoms in total. The Kier molecular flexibility index (Phi) is 12.0. The van der Waals surface area contributed by atoms with Crippen molar-refractivity contribution in [1.82, 2.24) is 16.1 Å². The first kappa shape index (κ1) is 33.0. The molecule has 1 aliphatic rings. The Labute approximate surface area is 257 Å². The summed E-state index contributed by atoms with van der Waals surface area (Å²) in [6.45, 7) is 4.58. The maximum atomic E-state index is 12.6. The molecule has 1 heterocycles. The fourth-order valence-electron chi connectivity index (χ4n) is 3.89. The maximum Gasteiger partial charge on any atom is 0.344 e. The van der Waals surface area contributed by atoms with Gasteiger partial charge in [0.2, 0.25) is 0 Å². The molecule has 0 radical (unpaired) electrons. The third-order valence-corrected chi connectivity index (χ3v) is 6.27. The summed E-state index contributed by atoms with van der Waals surface area (Å²) in [6.07, 6.45) is 1.31. The smallest absolute Gasteiger partial charge is 0.344 e. The van der Waals surface area contributed by atoms with Crippen molar-refractivity contribution in [2.24, 2.45) is 5.10 Å². The fraction of sp³-hybridized carbons (Fsp3) is 0.321. The predicted octanol–water partition coefficient (Wildman–Crippen LogP) is 3.66. The highest BCUT2D eigenvalue weighted by molar-refractivity contribution is 6.37. The number of urea groups is 1. The maximum absolute atomic E-state index is 12.6. The third kappa shape index (κ3) is 9.00. The summed E-state index contributed by atoms with van der Waals surface area (Å²) < 4.78 is 26.3. The van der Waals surface area contributed by atoms with Crippen molar-refractivity contribution >= 4 is 53.3 Å². The van der Waals surface area contributed by atoms with Crippen LogP contribution in [0, 0.1) is 0 Å². The highest BCUT2D eigenvalue weighted by atomic mass is 35.5. The van der Waals surface area contributed by atoms with E-state index >= 15 is 0 Å². The minimum Gasteiger partial charge on any atom is -0.493 e. The van der Waals surface area contributed by atoms with Crippen LogP contribution in [-0.2, 0) is 23.9 Å². The van der Waals surface area contributed by atoms with Gasteiger partial charge in [-0.25, -0.2) is 19.8 Å². The molecule has 2 aromatic carbocycles. The predicted molar refractivity (Wildman–Crippen MR) is 157 cm³/mol. The van der Waals surface area contributed by atoms with Crippen molar-refractivity contribution in [1.29, 1.82) is 0 Å². The lowest BCUT2D eigenvalue weighted by Gasteiger charge is -2.28. The first-order valence-electron chi connectivity index (χ1n) is 12.9. The molecule has 1 aliphatic heterocycles. The molecule has 3 rings (SSSR count). The Morgan fingerprint density at radius 1 is 1.00 bits per heavy atom. The van der Waals surface area contributed by atoms with E-state index in [0.717, 1.165) is 0 Å². The Morgan fingerprint density at radius 3 is 2.35 bits per heavy atom. The summed E-state index contributed by atoms with van der Waals surface area (Å²) in [7, 11) is 1.41. The monoisotopic (exact) mass is 636 g/mol. The third-order valence-electron chi connectivity index (χ3n) is 5.71. The van der Waals surface area contributed by atoms with Gasteiger partial charge in [-0.2, -0.15) is 5.10 Å². The standard InChI is InChI=1S/C28H30Cl2N4O9/c1-5-40-23(36)14-43-26-18(29)9-16(10-19(26)30)12-31-34-22(35)13-42-20-8-7-17(11-21(20)39-4)25-24(27(37)41-6-2)15(3)32-28(38)33-25/h7-12,25H,5-6,13-14H2,1-4H3,(H,34,35)(H2,32,33,38)/b31-12-/t25-/m1/s1. The van der Waals surface area contributed by atoms with Gasteiger partial charge in [-0.15, -0.1) is 0 Å². The van der Waals surface area contributed by atoms with Gasteiger partial charge in [0, 0.05) is 5.70 Å². The van der Waals surface area contributed by atoms with E-state index in [2.05, 4.69) is 21.2 Å². The molecule has 3 N–H and O–H groups in total. The van der Waals surface area contributed by atoms with Gasteiger partial charge in [0.05, 0.1) is 48.2 Å². The van der Waals surface area contributed by atoms with Gasteiger partial charge >= 0.3 is 18.0 Å². The molecule has 1 atom stereocenters. The number of hydrogen-bond acceptors (Lipinski definition) is 10. The van der Waals surface area contributed by atoms with Crippen LogP contribution in [-0.4, -0.2) is 63.6 Å². The number of methoxy groups -OCH3 is 1. The lowest BCUT2D eigenvalue weighted by atomic mass is 9.95. The van der Waals surface area contributed by atoms with Gasteiger partial charge in [-0.1, -0.05) is 29.3 Å². The second-order valence-electron chi connectivity index (χ2n) is 8.69. The summed E-state index contributed by atoms with van der Waals surface area (Å²) in [5.41, 5.74) is 3.92. The van der Waals surface area contributed by atoms with Crippen LogP contribution >= 0.6 is 23.2 Å². The van der Waals surface area contributed by atoms with Gasteiger partial charge in [0.15, 0.2) is 30.5 Å². The van der Waals surface area contributed by atoms with E-state index in [1.165, 1.54) is 25.5 Å². The zero-order valence-corrected chi connectivity index (χ0v) is 25.3. The number of halogens is 2. The van der Waals surface area contributed by atoms with Crippen LogP contribution in [0.5, 0.6) is 17.2 Å². The van der Waals surface area contributed by atoms with Crippen molar-refractivity contribution in [2.75, 3.05) is 33.5 Å². The van der Waals surface area contributed by atoms with E-state index < -0.39 is 36.5 Å². The first-order valence-corrected chi connectivity index (χ1v) is 13.7. The number of hydrazone groups is 1. The number of hydrogen-bond donors (Lipinski definition) is 3. The molecule has 0 bridgehead atoms. The number of esters is 2. The number of nitrogens with one attached hydrogen (secondary N) is 3. The molecule has 0 saturated carbocycles. The molecule has 0 spiro atoms. The van der Waals surface area contributed by atoms with Crippen LogP contribution in [0.2, 0.25) is 10.0 Å². The normalized spacial score (nSPS) is 14.5. The molecule has 43 heavy (non-hydrogen) atoms. The minimum atomic E-state index is -0.798. The fourth-order valence-corrected chi connectivity index (χ4v) is 4.50. The van der Waals surface area contributed by atoms with E-state index in [4.69, 9.17) is 46.9 Å². The second kappa shape index (κ2) is 15.7. The number of carbonyl (C=O) groups is 4. The molecule has 15 heteroatoms. The highest BCUT2D eigenvalue weighted by Crippen LogP contribution is 2.35. The average Bonchev–Trinajstić information content (AvgIpc) is 2.95. The molecule has 0 fully saturated rings. The number of nitrogens with zero attached hydrogens (tertiary/aromatic N) is 1. The van der Waals surface area contributed by atoms with Gasteiger partial charge in [0.1, 0.15) is 0 Å². The molecule has 0 unspecified atom stereocenters. The van der Waals surface area contributed by atoms with Crippen molar-refractivity contribution in [2.45, 2.75) is 26.8 Å². The van der Waals surface area contributed by atoms with Gasteiger partial charge in [-0.3, -0.25) is 4.79 Å². The molecule has 230 valence electrons. The van der Waals surface area contributed by atoms with Crippen LogP contribution in [0.25, 0.3) is 0 Å². The Morgan fingerprint density at radius 2 is 1.70 bits per heavy atom. The van der Waals surface area contributed by atoms with Crippen LogP contribution in [0.3, 0.4) is 0 Å². The molecule has 0 saturated heterocycles. The summed E-state index contributed by atoms with van der Waals surface area (Å²) >= 11 is 12.4. The minimum absolute atomic E-state index is 0.108. The van der Waals surface area contributed by atoms with Crippen molar-refractivity contribution in [3.63, 3.8) is 0 Å². The summed E-state index contributed by atoms with van der Waals surface area (Å²) in [5.74, 6) is -1.11. The van der Waals surface area contributed by atoms with E-state index in [0.29, 0.717) is 16.8 Å². The lowest BCUT2D eigenvalue weighted by molar-refractivity contribution is -0.145. The van der Waals surface area contributed by atoms with Gasteiger partial charge in [0.25, 0.3) is 5.91 Å². The van der Waals surface area contributed by atoms with Crippen LogP contribution in [0.1, 0.15) is 37.9 Å². The molecular formula is C28H30Cl2N4O9. The van der Waals surface area contributed by atoms with E-state index in [1.807, 2.05) is 0 Å². The number of allylic oxidation sites excluding steroid dienone is 1. The second-order valence-corrected chi connectivity index (χ2v) is 9.50. The first-order chi connectivity index (χ1) is 20.6. The Balaban J connectivity index is 1.62. The molecule has 3 amide bonds. The molecule has 0 aliphatic carbocycles. The van der Waals surface area contributed by atoms with Crippen molar-refractivity contribution < 1.29 is 42.9 Å². The number of ether oxygens (including phenoxy) is 5. The summed E-state index contributed by atoms with van der Waals surface area (Å²) in [5, 5.41) is 9.42. The zero-order valence-electron chi connectivity index (χ0n) is 23.7. The molecular weight excluding hydrogens is 607 g/mol. The SMILES string of the molecule is CCOC(=O)COc1c(Cl)cc(/C=N\NC(=O)COc2ccc([C@H]3NC(=O)NC(C)=C3C(=O)OCC)cc2OC)cc1Cl. The van der Waals surface area contributed by atoms with E-state index in [-0.39, 0.29) is 52.7 Å². The number of carbonyl (C=O) groups excluding carboxylic acids is 4. The topological polar surface area (TPSA) is 163 Å². The number of benzene rings is 2. The lowest BCUT2D eigenvalue weighted by Crippen LogP contribution is -2.45. The van der Waals surface area contributed by atoms with Crippen LogP contribution in [0.15, 0.2) is 46.7 Å². The quantitative estimate of drug-likeness (QED) is 0.169. The average molecular weight is 637 g/mol. The Bertz CT molecular complexity index is 1420. The number of rotatable bonds is 13.